The van der Waals surface area contributed by atoms with E-state index < -0.39 is 0 Å². The lowest BCUT2D eigenvalue weighted by atomic mass is 10.4. The predicted octanol–water partition coefficient (Wildman–Crippen LogP) is 0.853. The fourth-order valence-corrected chi connectivity index (χ4v) is 1.43. The number of hydrogen-bond acceptors (Lipinski definition) is 2. The average Bonchev–Trinajstić information content (AvgIpc) is 2.41. The van der Waals surface area contributed by atoms with E-state index in [9.17, 15) is 0 Å². The quantitative estimate of drug-likeness (QED) is 0.584. The average molecular weight is 141 g/mol. The number of nitrogens with one attached hydrogen (secondary N) is 1. The van der Waals surface area contributed by atoms with E-state index in [4.69, 9.17) is 0 Å². The molecule has 1 N–H and O–H groups in total. The molecule has 0 spiro atoms. The zero-order valence-corrected chi connectivity index (χ0v) is 6.60. The Bertz CT molecular complexity index is 77.3. The molecule has 2 heteroatoms. The van der Waals surface area contributed by atoms with Crippen molar-refractivity contribution in [1.82, 2.24) is 10.2 Å². The molecule has 1 fully saturated rings. The molecular formula is C8H17N2. The Labute approximate surface area is 63.6 Å². The summed E-state index contributed by atoms with van der Waals surface area (Å²) in [6.45, 7) is 4.94. The van der Waals surface area contributed by atoms with E-state index in [0.717, 1.165) is 6.54 Å². The van der Waals surface area contributed by atoms with Gasteiger partial charge < -0.3 is 10.2 Å². The first-order valence-electron chi connectivity index (χ1n) is 4.16. The molecule has 10 heavy (non-hydrogen) atoms. The summed E-state index contributed by atoms with van der Waals surface area (Å²) in [5, 5.41) is 2.91. The van der Waals surface area contributed by atoms with Crippen LogP contribution in [-0.4, -0.2) is 31.1 Å². The molecule has 0 aromatic rings. The van der Waals surface area contributed by atoms with Gasteiger partial charge in [0.25, 0.3) is 0 Å². The largest absolute Gasteiger partial charge is 0.315 e. The summed E-state index contributed by atoms with van der Waals surface area (Å²) in [5.41, 5.74) is 0. The number of likely N-dealkylation sites (tertiary alicyclic amines) is 1. The Morgan fingerprint density at radius 1 is 1.30 bits per heavy atom. The van der Waals surface area contributed by atoms with Gasteiger partial charge >= 0.3 is 0 Å². The molecular weight excluding hydrogens is 124 g/mol. The van der Waals surface area contributed by atoms with Gasteiger partial charge in [-0.3, -0.25) is 0 Å². The molecule has 0 aromatic carbocycles. The molecule has 2 nitrogen and oxygen atoms in total. The van der Waals surface area contributed by atoms with Crippen LogP contribution < -0.4 is 5.32 Å². The molecule has 1 saturated heterocycles. The molecule has 1 rings (SSSR count). The molecule has 0 atom stereocenters. The van der Waals surface area contributed by atoms with E-state index in [-0.39, 0.29) is 0 Å². The highest BCUT2D eigenvalue weighted by molar-refractivity contribution is 4.65. The molecule has 0 aliphatic carbocycles. The number of nitrogens with zero attached hydrogens (tertiary/aromatic N) is 1. The van der Waals surface area contributed by atoms with E-state index in [2.05, 4.69) is 17.3 Å². The smallest absolute Gasteiger partial charge is 0.00767 e. The third-order valence-corrected chi connectivity index (χ3v) is 2.03. The van der Waals surface area contributed by atoms with Crippen molar-refractivity contribution < 1.29 is 0 Å². The fraction of sp³-hybridized carbons (Fsp3) is 0.875. The van der Waals surface area contributed by atoms with Crippen molar-refractivity contribution in [2.45, 2.75) is 19.3 Å². The van der Waals surface area contributed by atoms with Gasteiger partial charge in [-0.05, 0) is 45.4 Å². The van der Waals surface area contributed by atoms with Gasteiger partial charge in [-0.25, -0.2) is 0 Å². The van der Waals surface area contributed by atoms with Crippen LogP contribution in [0.3, 0.4) is 0 Å². The van der Waals surface area contributed by atoms with Gasteiger partial charge in [0, 0.05) is 7.05 Å². The highest BCUT2D eigenvalue weighted by Crippen LogP contribution is 2.06. The van der Waals surface area contributed by atoms with Crippen molar-refractivity contribution in [3.05, 3.63) is 7.05 Å². The summed E-state index contributed by atoms with van der Waals surface area (Å²) < 4.78 is 0. The maximum absolute atomic E-state index is 3.58. The van der Waals surface area contributed by atoms with Crippen LogP contribution in [0.1, 0.15) is 19.3 Å². The van der Waals surface area contributed by atoms with Gasteiger partial charge in [-0.2, -0.15) is 0 Å². The number of rotatable bonds is 4. The zero-order valence-electron chi connectivity index (χ0n) is 6.60. The molecule has 1 radical (unpaired) electrons. The van der Waals surface area contributed by atoms with E-state index >= 15 is 0 Å². The summed E-state index contributed by atoms with van der Waals surface area (Å²) in [5.74, 6) is 0. The summed E-state index contributed by atoms with van der Waals surface area (Å²) in [6.07, 6.45) is 4.04. The van der Waals surface area contributed by atoms with Crippen molar-refractivity contribution in [3.63, 3.8) is 0 Å². The van der Waals surface area contributed by atoms with Crippen LogP contribution >= 0.6 is 0 Å². The first-order valence-corrected chi connectivity index (χ1v) is 4.16. The van der Waals surface area contributed by atoms with Crippen LogP contribution in [0.2, 0.25) is 0 Å². The van der Waals surface area contributed by atoms with Gasteiger partial charge in [-0.15, -0.1) is 0 Å². The Hall–Kier alpha value is -0.0800. The lowest BCUT2D eigenvalue weighted by Gasteiger charge is -2.13. The van der Waals surface area contributed by atoms with Crippen LogP contribution in [0.5, 0.6) is 0 Å². The minimum Gasteiger partial charge on any atom is -0.315 e. The van der Waals surface area contributed by atoms with Gasteiger partial charge in [0.05, 0.1) is 0 Å². The zero-order chi connectivity index (χ0) is 7.23. The van der Waals surface area contributed by atoms with Crippen molar-refractivity contribution in [1.29, 1.82) is 0 Å². The van der Waals surface area contributed by atoms with Gasteiger partial charge in [-0.1, -0.05) is 0 Å². The molecule has 1 aliphatic heterocycles. The van der Waals surface area contributed by atoms with Gasteiger partial charge in [0.2, 0.25) is 0 Å². The lowest BCUT2D eigenvalue weighted by molar-refractivity contribution is 0.333. The Morgan fingerprint density at radius 3 is 2.60 bits per heavy atom. The highest BCUT2D eigenvalue weighted by Gasteiger charge is 2.09. The van der Waals surface area contributed by atoms with Crippen LogP contribution in [0, 0.1) is 7.05 Å². The molecule has 0 unspecified atom stereocenters. The first-order chi connectivity index (χ1) is 4.93. The summed E-state index contributed by atoms with van der Waals surface area (Å²) >= 11 is 0. The minimum atomic E-state index is 1.05. The molecule has 0 amide bonds. The molecule has 0 bridgehead atoms. The van der Waals surface area contributed by atoms with Crippen molar-refractivity contribution in [2.75, 3.05) is 26.2 Å². The Balaban J connectivity index is 1.91. The Kier molecular flexibility index (Phi) is 3.76. The van der Waals surface area contributed by atoms with E-state index in [0.29, 0.717) is 0 Å². The summed E-state index contributed by atoms with van der Waals surface area (Å²) in [4.78, 5) is 2.53. The summed E-state index contributed by atoms with van der Waals surface area (Å²) in [7, 11) is 3.58. The van der Waals surface area contributed by atoms with E-state index in [1.165, 1.54) is 38.9 Å². The fourth-order valence-electron chi connectivity index (χ4n) is 1.43. The Morgan fingerprint density at radius 2 is 2.00 bits per heavy atom. The van der Waals surface area contributed by atoms with Crippen LogP contribution in [-0.2, 0) is 0 Å². The van der Waals surface area contributed by atoms with Gasteiger partial charge in [0.15, 0.2) is 0 Å². The molecule has 0 saturated carbocycles. The number of hydrogen-bond donors (Lipinski definition) is 1. The van der Waals surface area contributed by atoms with Gasteiger partial charge in [0.1, 0.15) is 0 Å². The monoisotopic (exact) mass is 141 g/mol. The van der Waals surface area contributed by atoms with Crippen LogP contribution in [0.4, 0.5) is 0 Å². The molecule has 59 valence electrons. The van der Waals surface area contributed by atoms with E-state index in [1.807, 2.05) is 0 Å². The van der Waals surface area contributed by atoms with Crippen LogP contribution in [0.25, 0.3) is 0 Å². The molecule has 1 aliphatic rings. The third-order valence-electron chi connectivity index (χ3n) is 2.03. The van der Waals surface area contributed by atoms with E-state index in [1.54, 1.807) is 0 Å². The molecule has 1 heterocycles. The SMILES string of the molecule is [CH2]NCCCN1CCCC1. The normalized spacial score (nSPS) is 20.1. The second kappa shape index (κ2) is 4.69. The van der Waals surface area contributed by atoms with Crippen molar-refractivity contribution in [2.24, 2.45) is 0 Å². The second-order valence-corrected chi connectivity index (χ2v) is 2.90. The highest BCUT2D eigenvalue weighted by atomic mass is 15.1. The third kappa shape index (κ3) is 2.67. The van der Waals surface area contributed by atoms with Crippen molar-refractivity contribution >= 4 is 0 Å². The molecule has 0 aromatic heterocycles. The maximum atomic E-state index is 3.58. The standard InChI is InChI=1S/C8H17N2/c1-9-5-4-8-10-6-2-3-7-10/h9H,1-8H2. The summed E-state index contributed by atoms with van der Waals surface area (Å²) in [6, 6.07) is 0. The topological polar surface area (TPSA) is 15.3 Å². The minimum absolute atomic E-state index is 1.05. The lowest BCUT2D eigenvalue weighted by Crippen LogP contribution is -2.22. The predicted molar refractivity (Wildman–Crippen MR) is 43.7 cm³/mol. The van der Waals surface area contributed by atoms with Crippen LogP contribution in [0.15, 0.2) is 0 Å². The second-order valence-electron chi connectivity index (χ2n) is 2.90. The first kappa shape index (κ1) is 8.02. The van der Waals surface area contributed by atoms with Crippen molar-refractivity contribution in [3.8, 4) is 0 Å². The maximum Gasteiger partial charge on any atom is 0.00767 e.